The number of benzene rings is 1. The number of carbonyl (C=O) groups is 1. The highest BCUT2D eigenvalue weighted by atomic mass is 16.5. The number of ether oxygens (including phenoxy) is 1. The van der Waals surface area contributed by atoms with Crippen molar-refractivity contribution >= 4 is 11.7 Å². The molecule has 0 aromatic heterocycles. The molecule has 2 unspecified atom stereocenters. The number of nitrogens with zero attached hydrogens (tertiary/aromatic N) is 1. The molecular formula is C15H22N2O3. The molecule has 20 heavy (non-hydrogen) atoms. The van der Waals surface area contributed by atoms with Gasteiger partial charge in [0.25, 0.3) is 0 Å². The summed E-state index contributed by atoms with van der Waals surface area (Å²) < 4.78 is 5.52. The summed E-state index contributed by atoms with van der Waals surface area (Å²) in [4.78, 5) is 13.7. The van der Waals surface area contributed by atoms with Crippen molar-refractivity contribution in [3.05, 3.63) is 29.8 Å². The number of aliphatic hydroxyl groups excluding tert-OH is 1. The monoisotopic (exact) mass is 278 g/mol. The van der Waals surface area contributed by atoms with Gasteiger partial charge in [-0.3, -0.25) is 0 Å². The van der Waals surface area contributed by atoms with E-state index in [9.17, 15) is 9.90 Å². The largest absolute Gasteiger partial charge is 0.389 e. The fraction of sp³-hybridized carbons (Fsp3) is 0.533. The summed E-state index contributed by atoms with van der Waals surface area (Å²) in [5.41, 5.74) is 1.55. The van der Waals surface area contributed by atoms with Crippen LogP contribution in [0.4, 0.5) is 10.5 Å². The standard InChI is InChI=1S/C15H22N2O3/c1-11(18)12-5-7-13(8-6-12)16-15(19)17(2)10-14-4-3-9-20-14/h5-8,11,14,18H,3-4,9-10H2,1-2H3,(H,16,19). The van der Waals surface area contributed by atoms with E-state index in [1.165, 1.54) is 0 Å². The second-order valence-electron chi connectivity index (χ2n) is 5.24. The third-order valence-corrected chi connectivity index (χ3v) is 3.49. The predicted octanol–water partition coefficient (Wildman–Crippen LogP) is 2.38. The summed E-state index contributed by atoms with van der Waals surface area (Å²) in [6.07, 6.45) is 1.74. The molecule has 1 saturated heterocycles. The van der Waals surface area contributed by atoms with Gasteiger partial charge in [-0.1, -0.05) is 12.1 Å². The number of hydrogen-bond acceptors (Lipinski definition) is 3. The number of carbonyl (C=O) groups excluding carboxylic acids is 1. The zero-order valence-electron chi connectivity index (χ0n) is 12.0. The molecule has 0 spiro atoms. The van der Waals surface area contributed by atoms with Crippen molar-refractivity contribution < 1.29 is 14.6 Å². The summed E-state index contributed by atoms with van der Waals surface area (Å²) in [6, 6.07) is 7.05. The maximum atomic E-state index is 12.0. The van der Waals surface area contributed by atoms with E-state index >= 15 is 0 Å². The van der Waals surface area contributed by atoms with Crippen LogP contribution in [0.5, 0.6) is 0 Å². The van der Waals surface area contributed by atoms with Crippen molar-refractivity contribution in [2.24, 2.45) is 0 Å². The Hall–Kier alpha value is -1.59. The van der Waals surface area contributed by atoms with Gasteiger partial charge in [0.05, 0.1) is 12.2 Å². The minimum atomic E-state index is -0.498. The lowest BCUT2D eigenvalue weighted by molar-refractivity contribution is 0.0894. The Balaban J connectivity index is 1.86. The Morgan fingerprint density at radius 1 is 1.50 bits per heavy atom. The Morgan fingerprint density at radius 2 is 2.20 bits per heavy atom. The molecule has 1 fully saturated rings. The average Bonchev–Trinajstić information content (AvgIpc) is 2.92. The van der Waals surface area contributed by atoms with Crippen LogP contribution in [-0.2, 0) is 4.74 Å². The number of hydrogen-bond donors (Lipinski definition) is 2. The van der Waals surface area contributed by atoms with Crippen LogP contribution in [0.15, 0.2) is 24.3 Å². The predicted molar refractivity (Wildman–Crippen MR) is 77.7 cm³/mol. The van der Waals surface area contributed by atoms with Crippen molar-refractivity contribution in [1.29, 1.82) is 0 Å². The number of nitrogens with one attached hydrogen (secondary N) is 1. The molecule has 5 heteroatoms. The Labute approximate surface area is 119 Å². The van der Waals surface area contributed by atoms with Gasteiger partial charge in [-0.05, 0) is 37.5 Å². The molecule has 110 valence electrons. The summed E-state index contributed by atoms with van der Waals surface area (Å²) in [5.74, 6) is 0. The molecule has 2 atom stereocenters. The lowest BCUT2D eigenvalue weighted by Gasteiger charge is -2.21. The van der Waals surface area contributed by atoms with E-state index in [1.807, 2.05) is 0 Å². The number of anilines is 1. The van der Waals surface area contributed by atoms with Crippen LogP contribution in [0.25, 0.3) is 0 Å². The van der Waals surface area contributed by atoms with Gasteiger partial charge in [-0.2, -0.15) is 0 Å². The molecule has 0 radical (unpaired) electrons. The van der Waals surface area contributed by atoms with Gasteiger partial charge >= 0.3 is 6.03 Å². The molecule has 0 saturated carbocycles. The van der Waals surface area contributed by atoms with E-state index < -0.39 is 6.10 Å². The van der Waals surface area contributed by atoms with E-state index in [1.54, 1.807) is 43.1 Å². The zero-order chi connectivity index (χ0) is 14.5. The third kappa shape index (κ3) is 3.95. The molecule has 1 heterocycles. The highest BCUT2D eigenvalue weighted by Gasteiger charge is 2.20. The van der Waals surface area contributed by atoms with Crippen LogP contribution >= 0.6 is 0 Å². The Bertz CT molecular complexity index is 439. The molecule has 0 bridgehead atoms. The van der Waals surface area contributed by atoms with Gasteiger partial charge in [0.15, 0.2) is 0 Å². The molecule has 0 aliphatic carbocycles. The van der Waals surface area contributed by atoms with Crippen molar-refractivity contribution in [3.63, 3.8) is 0 Å². The van der Waals surface area contributed by atoms with Gasteiger partial charge in [-0.25, -0.2) is 4.79 Å². The van der Waals surface area contributed by atoms with Gasteiger partial charge in [0, 0.05) is 25.9 Å². The molecule has 5 nitrogen and oxygen atoms in total. The smallest absolute Gasteiger partial charge is 0.321 e. The van der Waals surface area contributed by atoms with Gasteiger partial charge in [0.1, 0.15) is 0 Å². The lowest BCUT2D eigenvalue weighted by atomic mass is 10.1. The highest BCUT2D eigenvalue weighted by Crippen LogP contribution is 2.16. The molecule has 1 aliphatic rings. The molecule has 2 rings (SSSR count). The first-order valence-corrected chi connectivity index (χ1v) is 6.98. The fourth-order valence-corrected chi connectivity index (χ4v) is 2.24. The van der Waals surface area contributed by atoms with E-state index in [-0.39, 0.29) is 12.1 Å². The summed E-state index contributed by atoms with van der Waals surface area (Å²) in [6.45, 7) is 3.11. The summed E-state index contributed by atoms with van der Waals surface area (Å²) in [5, 5.41) is 12.3. The zero-order valence-corrected chi connectivity index (χ0v) is 12.0. The van der Waals surface area contributed by atoms with Crippen molar-refractivity contribution in [2.75, 3.05) is 25.5 Å². The van der Waals surface area contributed by atoms with Gasteiger partial charge in [-0.15, -0.1) is 0 Å². The number of urea groups is 1. The number of aliphatic hydroxyl groups is 1. The topological polar surface area (TPSA) is 61.8 Å². The maximum absolute atomic E-state index is 12.0. The maximum Gasteiger partial charge on any atom is 0.321 e. The van der Waals surface area contributed by atoms with Crippen molar-refractivity contribution in [3.8, 4) is 0 Å². The van der Waals surface area contributed by atoms with Crippen LogP contribution < -0.4 is 5.32 Å². The van der Waals surface area contributed by atoms with Crippen LogP contribution in [0, 0.1) is 0 Å². The highest BCUT2D eigenvalue weighted by molar-refractivity contribution is 5.89. The van der Waals surface area contributed by atoms with Crippen LogP contribution in [0.2, 0.25) is 0 Å². The van der Waals surface area contributed by atoms with Gasteiger partial charge < -0.3 is 20.1 Å². The molecule has 1 aliphatic heterocycles. The molecule has 2 N–H and O–H groups in total. The van der Waals surface area contributed by atoms with E-state index in [4.69, 9.17) is 4.74 Å². The molecule has 1 aromatic carbocycles. The average molecular weight is 278 g/mol. The number of amides is 2. The fourth-order valence-electron chi connectivity index (χ4n) is 2.24. The lowest BCUT2D eigenvalue weighted by Crippen LogP contribution is -2.37. The summed E-state index contributed by atoms with van der Waals surface area (Å²) >= 11 is 0. The van der Waals surface area contributed by atoms with Crippen LogP contribution in [-0.4, -0.2) is 42.3 Å². The minimum absolute atomic E-state index is 0.148. The quantitative estimate of drug-likeness (QED) is 0.889. The normalized spacial score (nSPS) is 19.6. The van der Waals surface area contributed by atoms with E-state index in [2.05, 4.69) is 5.32 Å². The van der Waals surface area contributed by atoms with Crippen LogP contribution in [0.3, 0.4) is 0 Å². The molecular weight excluding hydrogens is 256 g/mol. The van der Waals surface area contributed by atoms with Gasteiger partial charge in [0.2, 0.25) is 0 Å². The first-order chi connectivity index (χ1) is 9.56. The summed E-state index contributed by atoms with van der Waals surface area (Å²) in [7, 11) is 1.77. The van der Waals surface area contributed by atoms with Crippen molar-refractivity contribution in [1.82, 2.24) is 4.90 Å². The van der Waals surface area contributed by atoms with Crippen LogP contribution in [0.1, 0.15) is 31.4 Å². The minimum Gasteiger partial charge on any atom is -0.389 e. The van der Waals surface area contributed by atoms with E-state index in [0.717, 1.165) is 30.7 Å². The van der Waals surface area contributed by atoms with E-state index in [0.29, 0.717) is 6.54 Å². The molecule has 2 amide bonds. The third-order valence-electron chi connectivity index (χ3n) is 3.49. The first kappa shape index (κ1) is 14.8. The Morgan fingerprint density at radius 3 is 2.75 bits per heavy atom. The number of rotatable bonds is 4. The second kappa shape index (κ2) is 6.72. The number of likely N-dealkylation sites (N-methyl/N-ethyl adjacent to an activating group) is 1. The first-order valence-electron chi connectivity index (χ1n) is 6.98. The molecule has 1 aromatic rings. The Kier molecular flexibility index (Phi) is 4.98. The van der Waals surface area contributed by atoms with Crippen molar-refractivity contribution in [2.45, 2.75) is 32.0 Å². The SMILES string of the molecule is CC(O)c1ccc(NC(=O)N(C)CC2CCCO2)cc1. The second-order valence-corrected chi connectivity index (χ2v) is 5.24.